The molecule has 0 atom stereocenters. The average Bonchev–Trinajstić information content (AvgIpc) is 2.31. The summed E-state index contributed by atoms with van der Waals surface area (Å²) in [6.45, 7) is 6.92. The molecule has 0 radical (unpaired) electrons. The summed E-state index contributed by atoms with van der Waals surface area (Å²) in [7, 11) is 0. The van der Waals surface area contributed by atoms with Gasteiger partial charge in [-0.1, -0.05) is 0 Å². The summed E-state index contributed by atoms with van der Waals surface area (Å²) < 4.78 is 7.05. The first-order chi connectivity index (χ1) is 7.74. The Bertz CT molecular complexity index is 156. The molecular weight excluding hydrogens is 322 g/mol. The average molecular weight is 352 g/mol. The second-order valence-corrected chi connectivity index (χ2v) is 18.2. The summed E-state index contributed by atoms with van der Waals surface area (Å²) in [5.41, 5.74) is 1.84. The van der Waals surface area contributed by atoms with Crippen LogP contribution in [0.3, 0.4) is 0 Å². The van der Waals surface area contributed by atoms with E-state index in [4.69, 9.17) is 11.6 Å². The first-order valence-electron chi connectivity index (χ1n) is 7.02. The molecule has 0 N–H and O–H groups in total. The molecule has 0 amide bonds. The van der Waals surface area contributed by atoms with E-state index in [0.717, 1.165) is 0 Å². The van der Waals surface area contributed by atoms with Gasteiger partial charge in [0.1, 0.15) is 0 Å². The van der Waals surface area contributed by atoms with Crippen LogP contribution in [0.1, 0.15) is 59.3 Å². The molecule has 0 aliphatic heterocycles. The van der Waals surface area contributed by atoms with Gasteiger partial charge in [-0.05, 0) is 0 Å². The second kappa shape index (κ2) is 10.9. The molecule has 96 valence electrons. The van der Waals surface area contributed by atoms with E-state index in [1.807, 2.05) is 5.54 Å². The van der Waals surface area contributed by atoms with Crippen molar-refractivity contribution in [2.75, 3.05) is 0 Å². The Morgan fingerprint density at radius 1 is 0.812 bits per heavy atom. The first-order valence-corrected chi connectivity index (χ1v) is 15.2. The SMILES string of the molecule is CCC[CH2][Sn]([CH]=CCl)([CH2]CCC)[CH2]CCC. The molecule has 0 rings (SSSR count). The molecule has 0 bridgehead atoms. The van der Waals surface area contributed by atoms with E-state index >= 15 is 0 Å². The van der Waals surface area contributed by atoms with E-state index in [2.05, 4.69) is 24.9 Å². The zero-order chi connectivity index (χ0) is 12.3. The Balaban J connectivity index is 4.45. The van der Waals surface area contributed by atoms with Crippen molar-refractivity contribution in [1.29, 1.82) is 0 Å². The minimum absolute atomic E-state index is 1.34. The van der Waals surface area contributed by atoms with E-state index in [1.165, 1.54) is 51.8 Å². The molecular formula is C14H29ClSn. The number of rotatable bonds is 10. The van der Waals surface area contributed by atoms with E-state index in [-0.39, 0.29) is 0 Å². The molecule has 0 unspecified atom stereocenters. The predicted octanol–water partition coefficient (Wildman–Crippen LogP) is 6.13. The third kappa shape index (κ3) is 7.21. The molecule has 0 saturated heterocycles. The van der Waals surface area contributed by atoms with Crippen molar-refractivity contribution in [2.45, 2.75) is 72.6 Å². The Labute approximate surface area is 112 Å². The number of hydrogen-bond donors (Lipinski definition) is 0. The summed E-state index contributed by atoms with van der Waals surface area (Å²) in [6.07, 6.45) is 8.29. The second-order valence-electron chi connectivity index (χ2n) is 4.97. The quantitative estimate of drug-likeness (QED) is 0.415. The summed E-state index contributed by atoms with van der Waals surface area (Å²) in [5.74, 6) is 0. The van der Waals surface area contributed by atoms with Gasteiger partial charge in [0.25, 0.3) is 0 Å². The van der Waals surface area contributed by atoms with Crippen LogP contribution in [0.5, 0.6) is 0 Å². The van der Waals surface area contributed by atoms with Crippen molar-refractivity contribution in [3.8, 4) is 0 Å². The molecule has 0 fully saturated rings. The molecule has 0 saturated carbocycles. The molecule has 2 heteroatoms. The monoisotopic (exact) mass is 352 g/mol. The van der Waals surface area contributed by atoms with Crippen molar-refractivity contribution in [3.05, 3.63) is 9.63 Å². The number of unbranched alkanes of at least 4 members (excludes halogenated alkanes) is 3. The van der Waals surface area contributed by atoms with Crippen LogP contribution in [0.15, 0.2) is 9.63 Å². The molecule has 0 heterocycles. The maximum absolute atomic E-state index is 5.89. The zero-order valence-corrected chi connectivity index (χ0v) is 15.0. The van der Waals surface area contributed by atoms with E-state index in [9.17, 15) is 0 Å². The van der Waals surface area contributed by atoms with Crippen LogP contribution in [0, 0.1) is 0 Å². The van der Waals surface area contributed by atoms with Gasteiger partial charge >= 0.3 is 112 Å². The van der Waals surface area contributed by atoms with Gasteiger partial charge in [-0.2, -0.15) is 0 Å². The third-order valence-electron chi connectivity index (χ3n) is 3.50. The van der Waals surface area contributed by atoms with Crippen LogP contribution in [0.4, 0.5) is 0 Å². The van der Waals surface area contributed by atoms with Gasteiger partial charge in [0.2, 0.25) is 0 Å². The van der Waals surface area contributed by atoms with Gasteiger partial charge in [-0.15, -0.1) is 0 Å². The maximum atomic E-state index is 5.89. The van der Waals surface area contributed by atoms with Crippen LogP contribution in [0.25, 0.3) is 0 Å². The van der Waals surface area contributed by atoms with Gasteiger partial charge in [0, 0.05) is 0 Å². The van der Waals surface area contributed by atoms with Crippen LogP contribution in [-0.2, 0) is 0 Å². The van der Waals surface area contributed by atoms with Crippen LogP contribution in [-0.4, -0.2) is 18.4 Å². The van der Waals surface area contributed by atoms with Gasteiger partial charge < -0.3 is 0 Å². The van der Waals surface area contributed by atoms with E-state index in [1.54, 1.807) is 0 Å². The molecule has 0 spiro atoms. The zero-order valence-electron chi connectivity index (χ0n) is 11.4. The van der Waals surface area contributed by atoms with Crippen molar-refractivity contribution in [3.63, 3.8) is 0 Å². The molecule has 16 heavy (non-hydrogen) atoms. The summed E-state index contributed by atoms with van der Waals surface area (Å²) in [6, 6.07) is 0. The minimum atomic E-state index is -1.97. The van der Waals surface area contributed by atoms with Gasteiger partial charge in [0.05, 0.1) is 0 Å². The van der Waals surface area contributed by atoms with Crippen LogP contribution < -0.4 is 0 Å². The number of hydrogen-bond acceptors (Lipinski definition) is 0. The molecule has 0 nitrogen and oxygen atoms in total. The fourth-order valence-electron chi connectivity index (χ4n) is 2.35. The molecule has 0 aromatic heterocycles. The first kappa shape index (κ1) is 16.8. The van der Waals surface area contributed by atoms with Crippen molar-refractivity contribution >= 4 is 30.0 Å². The Kier molecular flexibility index (Phi) is 11.5. The van der Waals surface area contributed by atoms with Crippen LogP contribution >= 0.6 is 11.6 Å². The standard InChI is InChI=1S/3C4H9.C2H2Cl.Sn/c3*1-3-4-2;1-2-3;/h3*1,3-4H2,2H3;1-2H;. The topological polar surface area (TPSA) is 0 Å². The van der Waals surface area contributed by atoms with E-state index in [0.29, 0.717) is 0 Å². The molecule has 0 aliphatic rings. The summed E-state index contributed by atoms with van der Waals surface area (Å²) in [5, 5.41) is 0. The number of halogens is 1. The Hall–Kier alpha value is 0.829. The van der Waals surface area contributed by atoms with Crippen molar-refractivity contribution in [2.24, 2.45) is 0 Å². The Morgan fingerprint density at radius 2 is 1.19 bits per heavy atom. The fraction of sp³-hybridized carbons (Fsp3) is 0.857. The van der Waals surface area contributed by atoms with Crippen LogP contribution in [0.2, 0.25) is 13.3 Å². The van der Waals surface area contributed by atoms with Gasteiger partial charge in [-0.3, -0.25) is 0 Å². The fourth-order valence-corrected chi connectivity index (χ4v) is 17.5. The molecule has 0 aliphatic carbocycles. The molecule has 0 aromatic carbocycles. The normalized spacial score (nSPS) is 12.5. The summed E-state index contributed by atoms with van der Waals surface area (Å²) >= 11 is 3.92. The Morgan fingerprint density at radius 3 is 1.44 bits per heavy atom. The predicted molar refractivity (Wildman–Crippen MR) is 79.9 cm³/mol. The van der Waals surface area contributed by atoms with Crippen molar-refractivity contribution in [1.82, 2.24) is 0 Å². The summed E-state index contributed by atoms with van der Waals surface area (Å²) in [4.78, 5) is 0. The van der Waals surface area contributed by atoms with Crippen molar-refractivity contribution < 1.29 is 0 Å². The third-order valence-corrected chi connectivity index (χ3v) is 18.3. The van der Waals surface area contributed by atoms with Gasteiger partial charge in [-0.25, -0.2) is 0 Å². The van der Waals surface area contributed by atoms with E-state index < -0.39 is 18.4 Å². The molecule has 0 aromatic rings. The van der Waals surface area contributed by atoms with Gasteiger partial charge in [0.15, 0.2) is 0 Å².